The molecule has 1 amide bonds. The van der Waals surface area contributed by atoms with Crippen molar-refractivity contribution in [3.63, 3.8) is 0 Å². The van der Waals surface area contributed by atoms with E-state index in [9.17, 15) is 13.2 Å². The molecule has 0 aromatic heterocycles. The van der Waals surface area contributed by atoms with Gasteiger partial charge in [-0.25, -0.2) is 8.42 Å². The number of aryl methyl sites for hydroxylation is 2. The number of hydrogen-bond acceptors (Lipinski definition) is 3. The number of fused-ring (bicyclic) bond motifs is 1. The van der Waals surface area contributed by atoms with E-state index in [0.29, 0.717) is 16.3 Å². The Labute approximate surface area is 178 Å². The normalized spacial score (nSPS) is 14.8. The number of carbonyl (C=O) groups is 1. The fourth-order valence-corrected chi connectivity index (χ4v) is 4.85. The van der Waals surface area contributed by atoms with Crippen molar-refractivity contribution in [2.24, 2.45) is 0 Å². The van der Waals surface area contributed by atoms with Gasteiger partial charge in [-0.05, 0) is 73.9 Å². The summed E-state index contributed by atoms with van der Waals surface area (Å²) in [5, 5.41) is 3.39. The van der Waals surface area contributed by atoms with Crippen LogP contribution in [-0.4, -0.2) is 27.1 Å². The van der Waals surface area contributed by atoms with Crippen molar-refractivity contribution in [2.45, 2.75) is 45.6 Å². The minimum atomic E-state index is -3.65. The fraction of sp³-hybridized carbons (Fsp3) is 0.409. The van der Waals surface area contributed by atoms with Gasteiger partial charge < -0.3 is 5.32 Å². The third-order valence-electron chi connectivity index (χ3n) is 5.45. The summed E-state index contributed by atoms with van der Waals surface area (Å²) >= 11 is 6.14. The Hall–Kier alpha value is -2.05. The molecule has 0 saturated carbocycles. The second kappa shape index (κ2) is 8.76. The van der Waals surface area contributed by atoms with Crippen molar-refractivity contribution < 1.29 is 13.2 Å². The summed E-state index contributed by atoms with van der Waals surface area (Å²) in [4.78, 5) is 12.7. The van der Waals surface area contributed by atoms with Crippen molar-refractivity contribution in [3.05, 3.63) is 63.7 Å². The highest BCUT2D eigenvalue weighted by Crippen LogP contribution is 2.28. The zero-order valence-corrected chi connectivity index (χ0v) is 18.6. The Morgan fingerprint density at radius 2 is 1.86 bits per heavy atom. The van der Waals surface area contributed by atoms with Gasteiger partial charge in [0.25, 0.3) is 0 Å². The van der Waals surface area contributed by atoms with E-state index in [1.54, 1.807) is 25.1 Å². The lowest BCUT2D eigenvalue weighted by atomic mass is 9.89. The van der Waals surface area contributed by atoms with Crippen molar-refractivity contribution in [2.75, 3.05) is 17.1 Å². The van der Waals surface area contributed by atoms with Gasteiger partial charge in [0, 0.05) is 5.02 Å². The van der Waals surface area contributed by atoms with E-state index in [4.69, 9.17) is 11.6 Å². The van der Waals surface area contributed by atoms with E-state index < -0.39 is 10.0 Å². The Balaban J connectivity index is 1.76. The molecule has 156 valence electrons. The molecular weight excluding hydrogens is 408 g/mol. The molecule has 1 atom stereocenters. The van der Waals surface area contributed by atoms with Crippen LogP contribution in [0.25, 0.3) is 0 Å². The summed E-state index contributed by atoms with van der Waals surface area (Å²) in [7, 11) is -3.65. The van der Waals surface area contributed by atoms with Crippen LogP contribution in [0, 0.1) is 6.92 Å². The smallest absolute Gasteiger partial charge is 0.241 e. The van der Waals surface area contributed by atoms with E-state index in [1.165, 1.54) is 24.0 Å². The predicted octanol–water partition coefficient (Wildman–Crippen LogP) is 4.17. The highest BCUT2D eigenvalue weighted by molar-refractivity contribution is 7.92. The first kappa shape index (κ1) is 21.7. The Bertz CT molecular complexity index is 1020. The molecule has 1 aliphatic rings. The third kappa shape index (κ3) is 5.11. The molecule has 3 rings (SSSR count). The van der Waals surface area contributed by atoms with Crippen molar-refractivity contribution >= 4 is 33.2 Å². The predicted molar refractivity (Wildman–Crippen MR) is 118 cm³/mol. The number of benzene rings is 2. The Morgan fingerprint density at radius 1 is 1.17 bits per heavy atom. The Kier molecular flexibility index (Phi) is 6.54. The summed E-state index contributed by atoms with van der Waals surface area (Å²) in [6.07, 6.45) is 5.69. The average molecular weight is 435 g/mol. The van der Waals surface area contributed by atoms with Crippen LogP contribution in [0.1, 0.15) is 48.1 Å². The molecule has 0 saturated heterocycles. The molecule has 0 spiro atoms. The standard InChI is InChI=1S/C22H27ClN2O3S/c1-15-20(23)9-6-10-21(15)25(29(3,27)28)14-22(26)24-16(2)18-12-11-17-7-4-5-8-19(17)13-18/h6,9-13,16H,4-5,7-8,14H2,1-3H3,(H,24,26)/t16-/m1/s1. The zero-order valence-electron chi connectivity index (χ0n) is 17.0. The number of carbonyl (C=O) groups excluding carboxylic acids is 1. The number of hydrogen-bond donors (Lipinski definition) is 1. The van der Waals surface area contributed by atoms with E-state index in [-0.39, 0.29) is 18.5 Å². The van der Waals surface area contributed by atoms with Gasteiger partial charge in [-0.15, -0.1) is 0 Å². The molecule has 2 aromatic carbocycles. The molecule has 7 heteroatoms. The summed E-state index contributed by atoms with van der Waals surface area (Å²) in [5.74, 6) is -0.361. The van der Waals surface area contributed by atoms with E-state index in [0.717, 1.165) is 29.0 Å². The summed E-state index contributed by atoms with van der Waals surface area (Å²) in [6, 6.07) is 11.2. The quantitative estimate of drug-likeness (QED) is 0.741. The molecule has 5 nitrogen and oxygen atoms in total. The maximum Gasteiger partial charge on any atom is 0.241 e. The van der Waals surface area contributed by atoms with Crippen LogP contribution < -0.4 is 9.62 Å². The van der Waals surface area contributed by atoms with Gasteiger partial charge in [-0.3, -0.25) is 9.10 Å². The first-order valence-corrected chi connectivity index (χ1v) is 12.0. The molecule has 1 aliphatic carbocycles. The summed E-state index contributed by atoms with van der Waals surface area (Å²) < 4.78 is 25.8. The van der Waals surface area contributed by atoms with Crippen LogP contribution in [-0.2, 0) is 27.7 Å². The van der Waals surface area contributed by atoms with Crippen LogP contribution in [0.5, 0.6) is 0 Å². The molecule has 2 aromatic rings. The summed E-state index contributed by atoms with van der Waals surface area (Å²) in [6.45, 7) is 3.36. The molecule has 0 bridgehead atoms. The lowest BCUT2D eigenvalue weighted by Gasteiger charge is -2.25. The monoisotopic (exact) mass is 434 g/mol. The first-order valence-electron chi connectivity index (χ1n) is 9.80. The molecular formula is C22H27ClN2O3S. The molecule has 0 aliphatic heterocycles. The Morgan fingerprint density at radius 3 is 2.55 bits per heavy atom. The number of halogens is 1. The van der Waals surface area contributed by atoms with Gasteiger partial charge in [-0.1, -0.05) is 35.9 Å². The van der Waals surface area contributed by atoms with Gasteiger partial charge >= 0.3 is 0 Å². The van der Waals surface area contributed by atoms with E-state index >= 15 is 0 Å². The summed E-state index contributed by atoms with van der Waals surface area (Å²) in [5.41, 5.74) is 4.80. The maximum atomic E-state index is 12.7. The van der Waals surface area contributed by atoms with E-state index in [1.807, 2.05) is 13.0 Å². The van der Waals surface area contributed by atoms with Crippen LogP contribution in [0.2, 0.25) is 5.02 Å². The molecule has 0 heterocycles. The molecule has 0 unspecified atom stereocenters. The fourth-order valence-electron chi connectivity index (χ4n) is 3.77. The number of amides is 1. The van der Waals surface area contributed by atoms with Crippen LogP contribution >= 0.6 is 11.6 Å². The number of rotatable bonds is 6. The van der Waals surface area contributed by atoms with Gasteiger partial charge in [-0.2, -0.15) is 0 Å². The van der Waals surface area contributed by atoms with Crippen molar-refractivity contribution in [1.29, 1.82) is 0 Å². The van der Waals surface area contributed by atoms with Gasteiger partial charge in [0.2, 0.25) is 15.9 Å². The number of sulfonamides is 1. The number of nitrogens with zero attached hydrogens (tertiary/aromatic N) is 1. The highest BCUT2D eigenvalue weighted by Gasteiger charge is 2.24. The van der Waals surface area contributed by atoms with Crippen molar-refractivity contribution in [3.8, 4) is 0 Å². The lowest BCUT2D eigenvalue weighted by molar-refractivity contribution is -0.120. The van der Waals surface area contributed by atoms with Crippen LogP contribution in [0.15, 0.2) is 36.4 Å². The lowest BCUT2D eigenvalue weighted by Crippen LogP contribution is -2.41. The molecule has 0 radical (unpaired) electrons. The van der Waals surface area contributed by atoms with Crippen LogP contribution in [0.3, 0.4) is 0 Å². The number of nitrogens with one attached hydrogen (secondary N) is 1. The SMILES string of the molecule is Cc1c(Cl)cccc1N(CC(=O)N[C@H](C)c1ccc2c(c1)CCCC2)S(C)(=O)=O. The van der Waals surface area contributed by atoms with Gasteiger partial charge in [0.1, 0.15) is 6.54 Å². The largest absolute Gasteiger partial charge is 0.348 e. The van der Waals surface area contributed by atoms with Gasteiger partial charge in [0.05, 0.1) is 18.0 Å². The minimum absolute atomic E-state index is 0.211. The topological polar surface area (TPSA) is 66.5 Å². The third-order valence-corrected chi connectivity index (χ3v) is 6.98. The average Bonchev–Trinajstić information content (AvgIpc) is 2.67. The highest BCUT2D eigenvalue weighted by atomic mass is 35.5. The number of anilines is 1. The first-order chi connectivity index (χ1) is 13.7. The maximum absolute atomic E-state index is 12.7. The molecule has 29 heavy (non-hydrogen) atoms. The van der Waals surface area contributed by atoms with Gasteiger partial charge in [0.15, 0.2) is 0 Å². The minimum Gasteiger partial charge on any atom is -0.348 e. The van der Waals surface area contributed by atoms with Crippen LogP contribution in [0.4, 0.5) is 5.69 Å². The molecule has 0 fully saturated rings. The second-order valence-corrected chi connectivity index (χ2v) is 9.99. The van der Waals surface area contributed by atoms with Crippen molar-refractivity contribution in [1.82, 2.24) is 5.32 Å². The van der Waals surface area contributed by atoms with E-state index in [2.05, 4.69) is 17.4 Å². The zero-order chi connectivity index (χ0) is 21.2. The second-order valence-electron chi connectivity index (χ2n) is 7.68. The molecule has 1 N–H and O–H groups in total.